The van der Waals surface area contributed by atoms with Gasteiger partial charge in [0.05, 0.1) is 6.61 Å². The van der Waals surface area contributed by atoms with E-state index in [0.29, 0.717) is 17.9 Å². The van der Waals surface area contributed by atoms with Crippen LogP contribution in [0.15, 0.2) is 18.2 Å². The first kappa shape index (κ1) is 9.99. The summed E-state index contributed by atoms with van der Waals surface area (Å²) in [5, 5.41) is 0. The van der Waals surface area contributed by atoms with E-state index in [0.717, 1.165) is 6.42 Å². The summed E-state index contributed by atoms with van der Waals surface area (Å²) < 4.78 is 18.4. The van der Waals surface area contributed by atoms with Crippen LogP contribution in [0, 0.1) is 5.82 Å². The molecule has 0 aromatic heterocycles. The Balaban J connectivity index is 2.71. The Morgan fingerprint density at radius 1 is 1.46 bits per heavy atom. The van der Waals surface area contributed by atoms with Gasteiger partial charge in [-0.3, -0.25) is 0 Å². The molecule has 0 aliphatic heterocycles. The minimum Gasteiger partial charge on any atom is -0.494 e. The zero-order valence-electron chi connectivity index (χ0n) is 7.72. The molecule has 2 N–H and O–H groups in total. The van der Waals surface area contributed by atoms with Crippen LogP contribution in [0.25, 0.3) is 0 Å². The van der Waals surface area contributed by atoms with E-state index in [1.165, 1.54) is 6.07 Å². The minimum absolute atomic E-state index is 0.222. The van der Waals surface area contributed by atoms with Gasteiger partial charge in [0.1, 0.15) is 11.6 Å². The molecule has 13 heavy (non-hydrogen) atoms. The molecule has 1 rings (SSSR count). The molecule has 0 aliphatic rings. The normalized spacial score (nSPS) is 10.1. The van der Waals surface area contributed by atoms with Crippen molar-refractivity contribution in [2.24, 2.45) is 5.73 Å². The lowest BCUT2D eigenvalue weighted by atomic mass is 10.2. The van der Waals surface area contributed by atoms with Crippen molar-refractivity contribution in [3.8, 4) is 5.75 Å². The standard InChI is InChI=1S/C10H14FNO/c1-2-5-13-9-4-3-8(7-12)10(11)6-9/h3-4,6H,2,5,7,12H2,1H3. The molecule has 0 saturated heterocycles. The van der Waals surface area contributed by atoms with E-state index in [9.17, 15) is 4.39 Å². The van der Waals surface area contributed by atoms with E-state index in [2.05, 4.69) is 0 Å². The van der Waals surface area contributed by atoms with Crippen LogP contribution in [0.3, 0.4) is 0 Å². The summed E-state index contributed by atoms with van der Waals surface area (Å²) >= 11 is 0. The highest BCUT2D eigenvalue weighted by atomic mass is 19.1. The summed E-state index contributed by atoms with van der Waals surface area (Å²) in [5.74, 6) is 0.271. The van der Waals surface area contributed by atoms with Gasteiger partial charge in [0.25, 0.3) is 0 Å². The smallest absolute Gasteiger partial charge is 0.131 e. The molecule has 1 aromatic carbocycles. The lowest BCUT2D eigenvalue weighted by Crippen LogP contribution is -2.01. The first-order valence-electron chi connectivity index (χ1n) is 4.39. The third-order valence-electron chi connectivity index (χ3n) is 1.72. The Kier molecular flexibility index (Phi) is 3.71. The molecule has 2 nitrogen and oxygen atoms in total. The number of hydrogen-bond acceptors (Lipinski definition) is 2. The summed E-state index contributed by atoms with van der Waals surface area (Å²) in [7, 11) is 0. The summed E-state index contributed by atoms with van der Waals surface area (Å²) in [6.45, 7) is 2.84. The van der Waals surface area contributed by atoms with Crippen LogP contribution in [0.1, 0.15) is 18.9 Å². The Morgan fingerprint density at radius 2 is 2.23 bits per heavy atom. The van der Waals surface area contributed by atoms with Crippen LogP contribution < -0.4 is 10.5 Å². The largest absolute Gasteiger partial charge is 0.494 e. The van der Waals surface area contributed by atoms with E-state index < -0.39 is 0 Å². The van der Waals surface area contributed by atoms with Gasteiger partial charge in [-0.05, 0) is 12.5 Å². The fourth-order valence-corrected chi connectivity index (χ4v) is 1.00. The molecule has 1 aromatic rings. The molecule has 0 amide bonds. The average Bonchev–Trinajstić information content (AvgIpc) is 2.15. The van der Waals surface area contributed by atoms with Crippen LogP contribution in [-0.4, -0.2) is 6.61 Å². The molecule has 3 heteroatoms. The first-order chi connectivity index (χ1) is 6.27. The molecular formula is C10H14FNO. The van der Waals surface area contributed by atoms with Crippen LogP contribution in [-0.2, 0) is 6.54 Å². The fourth-order valence-electron chi connectivity index (χ4n) is 1.00. The predicted molar refractivity (Wildman–Crippen MR) is 50.1 cm³/mol. The highest BCUT2D eigenvalue weighted by Gasteiger charge is 2.01. The van der Waals surface area contributed by atoms with Gasteiger partial charge < -0.3 is 10.5 Å². The second-order valence-corrected chi connectivity index (χ2v) is 2.81. The van der Waals surface area contributed by atoms with E-state index in [1.807, 2.05) is 6.92 Å². The van der Waals surface area contributed by atoms with Crippen molar-refractivity contribution in [1.29, 1.82) is 0 Å². The van der Waals surface area contributed by atoms with Gasteiger partial charge in [-0.1, -0.05) is 13.0 Å². The van der Waals surface area contributed by atoms with Crippen LogP contribution in [0.5, 0.6) is 5.75 Å². The zero-order chi connectivity index (χ0) is 9.68. The quantitative estimate of drug-likeness (QED) is 0.775. The molecule has 0 radical (unpaired) electrons. The molecule has 0 saturated carbocycles. The molecule has 72 valence electrons. The van der Waals surface area contributed by atoms with Crippen LogP contribution in [0.2, 0.25) is 0 Å². The topological polar surface area (TPSA) is 35.2 Å². The Bertz CT molecular complexity index is 276. The lowest BCUT2D eigenvalue weighted by molar-refractivity contribution is 0.315. The maximum Gasteiger partial charge on any atom is 0.131 e. The van der Waals surface area contributed by atoms with Crippen molar-refractivity contribution < 1.29 is 9.13 Å². The molecule has 0 atom stereocenters. The molecule has 0 bridgehead atoms. The van der Waals surface area contributed by atoms with Gasteiger partial charge in [-0.15, -0.1) is 0 Å². The zero-order valence-corrected chi connectivity index (χ0v) is 7.72. The number of hydrogen-bond donors (Lipinski definition) is 1. The van der Waals surface area contributed by atoms with E-state index in [1.54, 1.807) is 12.1 Å². The molecule has 0 fully saturated rings. The summed E-state index contributed by atoms with van der Waals surface area (Å²) in [5.41, 5.74) is 5.84. The molecular weight excluding hydrogens is 169 g/mol. The van der Waals surface area contributed by atoms with E-state index >= 15 is 0 Å². The van der Waals surface area contributed by atoms with E-state index in [4.69, 9.17) is 10.5 Å². The lowest BCUT2D eigenvalue weighted by Gasteiger charge is -2.05. The van der Waals surface area contributed by atoms with Gasteiger partial charge in [-0.25, -0.2) is 4.39 Å². The number of ether oxygens (including phenoxy) is 1. The predicted octanol–water partition coefficient (Wildman–Crippen LogP) is 2.07. The fraction of sp³-hybridized carbons (Fsp3) is 0.400. The highest BCUT2D eigenvalue weighted by molar-refractivity contribution is 5.28. The van der Waals surface area contributed by atoms with Crippen molar-refractivity contribution >= 4 is 0 Å². The Morgan fingerprint density at radius 3 is 2.77 bits per heavy atom. The number of benzene rings is 1. The maximum absolute atomic E-state index is 13.1. The van der Waals surface area contributed by atoms with Crippen molar-refractivity contribution in [1.82, 2.24) is 0 Å². The van der Waals surface area contributed by atoms with Crippen molar-refractivity contribution in [2.75, 3.05) is 6.61 Å². The monoisotopic (exact) mass is 183 g/mol. The number of rotatable bonds is 4. The minimum atomic E-state index is -0.295. The third-order valence-corrected chi connectivity index (χ3v) is 1.72. The van der Waals surface area contributed by atoms with Gasteiger partial charge in [0, 0.05) is 18.2 Å². The van der Waals surface area contributed by atoms with Gasteiger partial charge >= 0.3 is 0 Å². The highest BCUT2D eigenvalue weighted by Crippen LogP contribution is 2.16. The van der Waals surface area contributed by atoms with E-state index in [-0.39, 0.29) is 12.4 Å². The van der Waals surface area contributed by atoms with Crippen LogP contribution >= 0.6 is 0 Å². The average molecular weight is 183 g/mol. The molecule has 0 heterocycles. The van der Waals surface area contributed by atoms with Gasteiger partial charge in [0.15, 0.2) is 0 Å². The summed E-state index contributed by atoms with van der Waals surface area (Å²) in [6, 6.07) is 4.76. The molecule has 0 unspecified atom stereocenters. The second kappa shape index (κ2) is 4.82. The first-order valence-corrected chi connectivity index (χ1v) is 4.39. The number of nitrogens with two attached hydrogens (primary N) is 1. The Labute approximate surface area is 77.5 Å². The van der Waals surface area contributed by atoms with Crippen molar-refractivity contribution in [3.05, 3.63) is 29.6 Å². The van der Waals surface area contributed by atoms with Crippen molar-refractivity contribution in [2.45, 2.75) is 19.9 Å². The van der Waals surface area contributed by atoms with Crippen molar-refractivity contribution in [3.63, 3.8) is 0 Å². The summed E-state index contributed by atoms with van der Waals surface area (Å²) in [6.07, 6.45) is 0.917. The SMILES string of the molecule is CCCOc1ccc(CN)c(F)c1. The van der Waals surface area contributed by atoms with Gasteiger partial charge in [0.2, 0.25) is 0 Å². The molecule has 0 spiro atoms. The molecule has 0 aliphatic carbocycles. The second-order valence-electron chi connectivity index (χ2n) is 2.81. The van der Waals surface area contributed by atoms with Gasteiger partial charge in [-0.2, -0.15) is 0 Å². The Hall–Kier alpha value is -1.09. The summed E-state index contributed by atoms with van der Waals surface area (Å²) in [4.78, 5) is 0. The maximum atomic E-state index is 13.1. The van der Waals surface area contributed by atoms with Crippen LogP contribution in [0.4, 0.5) is 4.39 Å². The third kappa shape index (κ3) is 2.70. The number of halogens is 1.